The summed E-state index contributed by atoms with van der Waals surface area (Å²) in [5, 5.41) is 8.37. The fourth-order valence-corrected chi connectivity index (χ4v) is 9.65. The van der Waals surface area contributed by atoms with Gasteiger partial charge in [-0.25, -0.2) is 4.98 Å². The molecule has 1 saturated heterocycles. The Morgan fingerprint density at radius 3 is 2.77 bits per heavy atom. The minimum absolute atomic E-state index is 0.0512. The van der Waals surface area contributed by atoms with Crippen molar-refractivity contribution in [2.75, 3.05) is 20.3 Å². The van der Waals surface area contributed by atoms with Gasteiger partial charge in [0.1, 0.15) is 12.1 Å². The van der Waals surface area contributed by atoms with E-state index in [1.807, 2.05) is 30.5 Å². The summed E-state index contributed by atoms with van der Waals surface area (Å²) in [4.78, 5) is 56.2. The maximum atomic E-state index is 14.4. The van der Waals surface area contributed by atoms with Gasteiger partial charge in [-0.2, -0.15) is 4.41 Å². The van der Waals surface area contributed by atoms with Crippen LogP contribution in [0.2, 0.25) is 0 Å². The normalized spacial score (nSPS) is 23.2. The van der Waals surface area contributed by atoms with Gasteiger partial charge in [-0.15, -0.1) is 11.3 Å². The number of methoxy groups -OCH3 is 1. The van der Waals surface area contributed by atoms with Gasteiger partial charge in [0.15, 0.2) is 0 Å². The van der Waals surface area contributed by atoms with Crippen molar-refractivity contribution >= 4 is 52.8 Å². The Balaban J connectivity index is 1.21. The van der Waals surface area contributed by atoms with E-state index in [0.29, 0.717) is 37.2 Å². The minimum Gasteiger partial charge on any atom is -0.464 e. The van der Waals surface area contributed by atoms with Gasteiger partial charge in [0.2, 0.25) is 5.91 Å². The molecule has 1 N–H and O–H groups in total. The highest BCUT2D eigenvalue weighted by atomic mass is 32.1. The summed E-state index contributed by atoms with van der Waals surface area (Å²) in [5.41, 5.74) is 7.37. The number of cyclic esters (lactones) is 1. The Kier molecular flexibility index (Phi) is 11.0. The highest BCUT2D eigenvalue weighted by Crippen LogP contribution is 2.47. The quantitative estimate of drug-likeness (QED) is 0.132. The zero-order valence-corrected chi connectivity index (χ0v) is 34.7. The first-order valence-electron chi connectivity index (χ1n) is 19.7. The van der Waals surface area contributed by atoms with Crippen LogP contribution in [0.15, 0.2) is 66.4 Å². The van der Waals surface area contributed by atoms with Crippen molar-refractivity contribution in [3.63, 3.8) is 0 Å². The number of carbonyl (C=O) groups is 3. The van der Waals surface area contributed by atoms with Crippen LogP contribution < -0.4 is 5.32 Å². The first-order chi connectivity index (χ1) is 27.5. The topological polar surface area (TPSA) is 132 Å². The number of nitrogens with zero attached hydrogens (tertiary/aromatic N) is 6. The van der Waals surface area contributed by atoms with E-state index >= 15 is 0 Å². The van der Waals surface area contributed by atoms with Crippen molar-refractivity contribution in [1.82, 2.24) is 34.3 Å². The third-order valence-corrected chi connectivity index (χ3v) is 12.9. The van der Waals surface area contributed by atoms with Crippen LogP contribution in [0, 0.1) is 11.3 Å². The number of pyridine rings is 2. The molecule has 3 aliphatic rings. The highest BCUT2D eigenvalue weighted by molar-refractivity contribution is 7.77. The number of thiol groups is 1. The average molecular weight is 808 g/mol. The Labute approximate surface area is 342 Å². The lowest BCUT2D eigenvalue weighted by molar-refractivity contribution is -0.164. The molecule has 8 rings (SSSR count). The van der Waals surface area contributed by atoms with Crippen molar-refractivity contribution in [3.8, 4) is 22.5 Å². The molecule has 14 heteroatoms. The minimum atomic E-state index is -0.924. The van der Waals surface area contributed by atoms with Gasteiger partial charge in [-0.1, -0.05) is 38.8 Å². The van der Waals surface area contributed by atoms with E-state index < -0.39 is 23.5 Å². The third-order valence-electron chi connectivity index (χ3n) is 11.6. The lowest BCUT2D eigenvalue weighted by Gasteiger charge is -2.41. The Bertz CT molecular complexity index is 2310. The molecule has 5 aromatic rings. The van der Waals surface area contributed by atoms with E-state index in [0.717, 1.165) is 56.8 Å². The second-order valence-corrected chi connectivity index (χ2v) is 17.5. The van der Waals surface area contributed by atoms with Gasteiger partial charge < -0.3 is 19.4 Å². The number of fused-ring (bicyclic) bond motifs is 6. The molecule has 298 valence electrons. The summed E-state index contributed by atoms with van der Waals surface area (Å²) < 4.78 is 15.7. The fourth-order valence-electron chi connectivity index (χ4n) is 8.41. The molecule has 12 nitrogen and oxygen atoms in total. The molecule has 2 aliphatic heterocycles. The number of hydrogen-bond donors (Lipinski definition) is 2. The molecular formula is C43H49N7O5S2. The van der Waals surface area contributed by atoms with Crippen LogP contribution in [0.25, 0.3) is 33.4 Å². The second-order valence-electron chi connectivity index (χ2n) is 16.1. The number of carbonyl (C=O) groups excluding carboxylic acids is 3. The number of hydrogen-bond acceptors (Lipinski definition) is 11. The summed E-state index contributed by atoms with van der Waals surface area (Å²) in [6.07, 6.45) is 7.60. The molecule has 2 amide bonds. The van der Waals surface area contributed by atoms with E-state index in [2.05, 4.69) is 59.9 Å². The number of amides is 2. The average Bonchev–Trinajstić information content (AvgIpc) is 3.80. The van der Waals surface area contributed by atoms with E-state index in [1.165, 1.54) is 20.8 Å². The second kappa shape index (κ2) is 16.0. The van der Waals surface area contributed by atoms with Gasteiger partial charge in [-0.3, -0.25) is 29.4 Å². The van der Waals surface area contributed by atoms with E-state index in [9.17, 15) is 14.4 Å². The Hall–Kier alpha value is -4.63. The SMILES string of the molecule is CCn1c(-c2cccnc2[C@H](C)OC)c2c3cc(ccc31)-c1csc(n1)C[C@H](NC(=O)[C@@H]1C[C@H]1c1cccnc1)C(=O)N1CCC[C@@H](C(=O)OCC(C)(C)C2)N1S. The first-order valence-corrected chi connectivity index (χ1v) is 21.0. The lowest BCUT2D eigenvalue weighted by atomic mass is 9.84. The van der Waals surface area contributed by atoms with Crippen molar-refractivity contribution < 1.29 is 23.9 Å². The van der Waals surface area contributed by atoms with Gasteiger partial charge >= 0.3 is 5.97 Å². The smallest absolute Gasteiger partial charge is 0.326 e. The standard InChI is InChI=1S/C43H49N7O5S2/c1-6-48-35-14-13-26-18-30(35)32(39(48)28-11-8-16-45-38(28)25(2)54-5)21-43(3,4)24-55-42(53)36-12-9-17-49(50(36)56)41(52)33(20-37-46-34(26)23-57-37)47-40(51)31-19-29(31)27-10-7-15-44-22-27/h7-8,10-11,13-16,18,22-23,25,29,31,33,36,56H,6,9,12,17,19-21,24H2,1-5H3,(H,47,51)/t25-,29-,31+,33-,36-/m0/s1. The van der Waals surface area contributed by atoms with E-state index in [-0.39, 0.29) is 42.8 Å². The molecule has 1 saturated carbocycles. The molecule has 57 heavy (non-hydrogen) atoms. The van der Waals surface area contributed by atoms with Crippen LogP contribution >= 0.6 is 24.2 Å². The van der Waals surface area contributed by atoms with Crippen molar-refractivity contribution in [1.29, 1.82) is 0 Å². The lowest BCUT2D eigenvalue weighted by Crippen LogP contribution is -2.59. The number of thiazole rings is 1. The fraction of sp³-hybridized carbons (Fsp3) is 0.442. The third kappa shape index (κ3) is 7.72. The molecule has 1 aromatic carbocycles. The highest BCUT2D eigenvalue weighted by Gasteiger charge is 2.46. The molecule has 2 fully saturated rings. The predicted molar refractivity (Wildman–Crippen MR) is 222 cm³/mol. The van der Waals surface area contributed by atoms with Crippen molar-refractivity contribution in [2.24, 2.45) is 11.3 Å². The van der Waals surface area contributed by atoms with E-state index in [4.69, 9.17) is 32.3 Å². The number of aryl methyl sites for hydroxylation is 1. The molecule has 1 aliphatic carbocycles. The van der Waals surface area contributed by atoms with Gasteiger partial charge in [0.05, 0.1) is 34.8 Å². The van der Waals surface area contributed by atoms with Crippen LogP contribution in [0.5, 0.6) is 0 Å². The number of aromatic nitrogens is 4. The number of benzene rings is 1. The predicted octanol–water partition coefficient (Wildman–Crippen LogP) is 6.96. The van der Waals surface area contributed by atoms with Crippen molar-refractivity contribution in [3.05, 3.63) is 88.3 Å². The molecule has 0 radical (unpaired) electrons. The van der Waals surface area contributed by atoms with E-state index in [1.54, 1.807) is 25.7 Å². The Morgan fingerprint density at radius 1 is 1.18 bits per heavy atom. The molecule has 4 aromatic heterocycles. The van der Waals surface area contributed by atoms with Gasteiger partial charge in [-0.05, 0) is 86.9 Å². The van der Waals surface area contributed by atoms with Crippen LogP contribution in [0.3, 0.4) is 0 Å². The molecule has 0 unspecified atom stereocenters. The molecule has 0 spiro atoms. The molecule has 5 atom stereocenters. The molecule has 6 heterocycles. The first kappa shape index (κ1) is 39.2. The zero-order chi connectivity index (χ0) is 40.0. The van der Waals surface area contributed by atoms with Crippen LogP contribution in [0.1, 0.15) is 80.8 Å². The summed E-state index contributed by atoms with van der Waals surface area (Å²) in [6, 6.07) is 12.7. The van der Waals surface area contributed by atoms with Crippen LogP contribution in [-0.2, 0) is 43.2 Å². The zero-order valence-electron chi connectivity index (χ0n) is 33.0. The summed E-state index contributed by atoms with van der Waals surface area (Å²) >= 11 is 6.19. The number of nitrogens with one attached hydrogen (secondary N) is 1. The largest absolute Gasteiger partial charge is 0.464 e. The monoisotopic (exact) mass is 807 g/mol. The molecular weight excluding hydrogens is 759 g/mol. The van der Waals surface area contributed by atoms with Gasteiger partial charge in [0.25, 0.3) is 5.91 Å². The molecule has 6 bridgehead atoms. The summed E-state index contributed by atoms with van der Waals surface area (Å²) in [7, 11) is 1.69. The summed E-state index contributed by atoms with van der Waals surface area (Å²) in [5.74, 6) is -1.18. The maximum absolute atomic E-state index is 14.4. The van der Waals surface area contributed by atoms with Crippen molar-refractivity contribution in [2.45, 2.75) is 90.4 Å². The van der Waals surface area contributed by atoms with Crippen LogP contribution in [-0.4, -0.2) is 79.1 Å². The Morgan fingerprint density at radius 2 is 2.00 bits per heavy atom. The van der Waals surface area contributed by atoms with Crippen LogP contribution in [0.4, 0.5) is 0 Å². The number of hydrazine groups is 1. The number of ether oxygens (including phenoxy) is 2. The number of esters is 1. The maximum Gasteiger partial charge on any atom is 0.326 e. The number of rotatable bonds is 7. The summed E-state index contributed by atoms with van der Waals surface area (Å²) in [6.45, 7) is 9.59. The van der Waals surface area contributed by atoms with Gasteiger partial charge in [0, 0.05) is 84.0 Å².